The van der Waals surface area contributed by atoms with Crippen molar-refractivity contribution in [3.05, 3.63) is 35.9 Å². The molecule has 0 saturated heterocycles. The Kier molecular flexibility index (Phi) is 3.64. The van der Waals surface area contributed by atoms with Crippen molar-refractivity contribution in [1.82, 2.24) is 5.48 Å². The second kappa shape index (κ2) is 5.18. The molecule has 1 aromatic rings. The summed E-state index contributed by atoms with van der Waals surface area (Å²) in [6.45, 7) is 1.89. The van der Waals surface area contributed by atoms with Gasteiger partial charge in [-0.05, 0) is 37.0 Å². The first-order chi connectivity index (χ1) is 7.78. The van der Waals surface area contributed by atoms with E-state index in [1.807, 2.05) is 19.1 Å². The Bertz CT molecular complexity index is 412. The maximum atomic E-state index is 5.08. The van der Waals surface area contributed by atoms with Crippen LogP contribution in [0.1, 0.15) is 12.5 Å². The van der Waals surface area contributed by atoms with Gasteiger partial charge in [0.1, 0.15) is 5.84 Å². The zero-order valence-electron chi connectivity index (χ0n) is 9.31. The highest BCUT2D eigenvalue weighted by Gasteiger charge is 2.08. The van der Waals surface area contributed by atoms with Crippen LogP contribution in [0.4, 0.5) is 0 Å². The molecule has 84 valence electrons. The minimum Gasteiger partial charge on any atom is -0.248 e. The number of benzene rings is 1. The van der Waals surface area contributed by atoms with Crippen LogP contribution < -0.4 is 5.48 Å². The Morgan fingerprint density at radius 2 is 2.06 bits per heavy atom. The number of hydrogen-bond acceptors (Lipinski definition) is 4. The van der Waals surface area contributed by atoms with E-state index in [0.717, 1.165) is 11.4 Å². The molecule has 1 heterocycles. The highest BCUT2D eigenvalue weighted by molar-refractivity contribution is 7.98. The van der Waals surface area contributed by atoms with Crippen molar-refractivity contribution in [2.24, 2.45) is 4.99 Å². The molecular weight excluding hydrogens is 220 g/mol. The summed E-state index contributed by atoms with van der Waals surface area (Å²) >= 11 is 1.74. The minimum absolute atomic E-state index is 0.0986. The number of hydrogen-bond donors (Lipinski definition) is 1. The minimum atomic E-state index is -0.0986. The highest BCUT2D eigenvalue weighted by Crippen LogP contribution is 2.15. The molecule has 1 N–H and O–H groups in total. The summed E-state index contributed by atoms with van der Waals surface area (Å²) in [7, 11) is 0. The first kappa shape index (κ1) is 11.2. The maximum absolute atomic E-state index is 5.08. The predicted octanol–water partition coefficient (Wildman–Crippen LogP) is 2.70. The van der Waals surface area contributed by atoms with E-state index < -0.39 is 0 Å². The molecule has 2 rings (SSSR count). The number of nitrogens with one attached hydrogen (secondary N) is 1. The summed E-state index contributed by atoms with van der Waals surface area (Å²) in [6.07, 6.45) is 5.90. The molecule has 1 unspecified atom stereocenters. The molecule has 0 aliphatic carbocycles. The number of thioether (sulfide) groups is 1. The Labute approximate surface area is 99.6 Å². The molecule has 0 radical (unpaired) electrons. The predicted molar refractivity (Wildman–Crippen MR) is 68.4 cm³/mol. The fraction of sp³-hybridized carbons (Fsp3) is 0.250. The summed E-state index contributed by atoms with van der Waals surface area (Å²) < 4.78 is 0. The van der Waals surface area contributed by atoms with Crippen molar-refractivity contribution in [2.75, 3.05) is 6.26 Å². The maximum Gasteiger partial charge on any atom is 0.174 e. The van der Waals surface area contributed by atoms with Crippen molar-refractivity contribution < 1.29 is 4.84 Å². The Morgan fingerprint density at radius 1 is 1.31 bits per heavy atom. The molecule has 3 nitrogen and oxygen atoms in total. The van der Waals surface area contributed by atoms with Gasteiger partial charge in [-0.25, -0.2) is 15.3 Å². The fourth-order valence-corrected chi connectivity index (χ4v) is 1.77. The lowest BCUT2D eigenvalue weighted by Gasteiger charge is -1.97. The number of nitrogens with zero attached hydrogens (tertiary/aromatic N) is 1. The molecule has 0 saturated carbocycles. The van der Waals surface area contributed by atoms with Crippen molar-refractivity contribution in [3.8, 4) is 0 Å². The van der Waals surface area contributed by atoms with Crippen LogP contribution in [0, 0.1) is 0 Å². The van der Waals surface area contributed by atoms with E-state index in [4.69, 9.17) is 4.84 Å². The first-order valence-corrected chi connectivity index (χ1v) is 6.32. The lowest BCUT2D eigenvalue weighted by Crippen LogP contribution is -2.15. The van der Waals surface area contributed by atoms with Crippen LogP contribution in [0.2, 0.25) is 0 Å². The molecule has 0 amide bonds. The Hall–Kier alpha value is -1.26. The number of aliphatic imine (C=N–C) groups is 1. The second-order valence-electron chi connectivity index (χ2n) is 3.44. The van der Waals surface area contributed by atoms with Gasteiger partial charge in [0, 0.05) is 4.90 Å². The standard InChI is InChI=1S/C12H14N2OS/c1-9-13-12(14-15-9)8-5-10-3-6-11(16-2)7-4-10/h3-9H,1-2H3,(H,13,14)/b8-5+. The van der Waals surface area contributed by atoms with Crippen molar-refractivity contribution >= 4 is 23.7 Å². The van der Waals surface area contributed by atoms with E-state index in [1.165, 1.54) is 4.90 Å². The van der Waals surface area contributed by atoms with Gasteiger partial charge in [0.05, 0.1) is 0 Å². The summed E-state index contributed by atoms with van der Waals surface area (Å²) in [5.74, 6) is 0.765. The topological polar surface area (TPSA) is 33.6 Å². The average molecular weight is 234 g/mol. The molecule has 1 aliphatic rings. The Morgan fingerprint density at radius 3 is 2.62 bits per heavy atom. The van der Waals surface area contributed by atoms with Gasteiger partial charge in [-0.15, -0.1) is 11.8 Å². The van der Waals surface area contributed by atoms with Gasteiger partial charge in [-0.3, -0.25) is 0 Å². The molecule has 1 atom stereocenters. The third kappa shape index (κ3) is 2.87. The third-order valence-electron chi connectivity index (χ3n) is 2.20. The molecule has 16 heavy (non-hydrogen) atoms. The van der Waals surface area contributed by atoms with E-state index in [1.54, 1.807) is 11.8 Å². The summed E-state index contributed by atoms with van der Waals surface area (Å²) in [4.78, 5) is 10.6. The first-order valence-electron chi connectivity index (χ1n) is 5.09. The third-order valence-corrected chi connectivity index (χ3v) is 2.95. The van der Waals surface area contributed by atoms with Crippen molar-refractivity contribution in [3.63, 3.8) is 0 Å². The zero-order chi connectivity index (χ0) is 11.4. The molecule has 0 spiro atoms. The molecule has 4 heteroatoms. The zero-order valence-corrected chi connectivity index (χ0v) is 10.1. The lowest BCUT2D eigenvalue weighted by atomic mass is 10.2. The molecule has 0 aromatic heterocycles. The van der Waals surface area contributed by atoms with Crippen LogP contribution in [0.3, 0.4) is 0 Å². The smallest absolute Gasteiger partial charge is 0.174 e. The van der Waals surface area contributed by atoms with E-state index in [9.17, 15) is 0 Å². The van der Waals surface area contributed by atoms with E-state index in [2.05, 4.69) is 41.0 Å². The van der Waals surface area contributed by atoms with Crippen LogP contribution in [0.25, 0.3) is 6.08 Å². The summed E-state index contributed by atoms with van der Waals surface area (Å²) in [6, 6.07) is 8.38. The average Bonchev–Trinajstić information content (AvgIpc) is 2.73. The van der Waals surface area contributed by atoms with E-state index in [-0.39, 0.29) is 6.23 Å². The van der Waals surface area contributed by atoms with Gasteiger partial charge >= 0.3 is 0 Å². The van der Waals surface area contributed by atoms with Gasteiger partial charge in [0.2, 0.25) is 0 Å². The SMILES string of the molecule is CSc1ccc(/C=C/C2=NC(C)ON2)cc1. The van der Waals surface area contributed by atoms with Crippen molar-refractivity contribution in [2.45, 2.75) is 18.0 Å². The highest BCUT2D eigenvalue weighted by atomic mass is 32.2. The summed E-state index contributed by atoms with van der Waals surface area (Å²) in [5, 5.41) is 0. The van der Waals surface area contributed by atoms with Crippen LogP contribution in [-0.4, -0.2) is 18.3 Å². The van der Waals surface area contributed by atoms with Crippen LogP contribution in [-0.2, 0) is 4.84 Å². The largest absolute Gasteiger partial charge is 0.248 e. The van der Waals surface area contributed by atoms with E-state index in [0.29, 0.717) is 0 Å². The number of rotatable bonds is 3. The van der Waals surface area contributed by atoms with Gasteiger partial charge in [-0.1, -0.05) is 18.2 Å². The lowest BCUT2D eigenvalue weighted by molar-refractivity contribution is 0.0505. The van der Waals surface area contributed by atoms with E-state index >= 15 is 0 Å². The molecule has 1 aliphatic heterocycles. The number of amidine groups is 1. The summed E-state index contributed by atoms with van der Waals surface area (Å²) in [5.41, 5.74) is 3.91. The van der Waals surface area contributed by atoms with Gasteiger partial charge in [0.25, 0.3) is 0 Å². The normalized spacial score (nSPS) is 19.9. The van der Waals surface area contributed by atoms with Gasteiger partial charge in [-0.2, -0.15) is 0 Å². The van der Waals surface area contributed by atoms with Crippen LogP contribution >= 0.6 is 11.8 Å². The molecular formula is C12H14N2OS. The second-order valence-corrected chi connectivity index (χ2v) is 4.32. The van der Waals surface area contributed by atoms with Crippen molar-refractivity contribution in [1.29, 1.82) is 0 Å². The Balaban J connectivity index is 2.03. The molecule has 0 fully saturated rings. The van der Waals surface area contributed by atoms with Gasteiger partial charge < -0.3 is 0 Å². The quantitative estimate of drug-likeness (QED) is 0.816. The number of hydroxylamine groups is 1. The molecule has 0 bridgehead atoms. The van der Waals surface area contributed by atoms with Crippen LogP contribution in [0.5, 0.6) is 0 Å². The van der Waals surface area contributed by atoms with Crippen LogP contribution in [0.15, 0.2) is 40.2 Å². The van der Waals surface area contributed by atoms with Gasteiger partial charge in [0.15, 0.2) is 6.23 Å². The monoisotopic (exact) mass is 234 g/mol. The fourth-order valence-electron chi connectivity index (χ4n) is 1.36. The molecule has 1 aromatic carbocycles.